The molecule has 0 spiro atoms. The van der Waals surface area contributed by atoms with E-state index in [2.05, 4.69) is 0 Å². The average Bonchev–Trinajstić information content (AvgIpc) is 2.79. The van der Waals surface area contributed by atoms with E-state index in [1.54, 1.807) is 30.3 Å². The summed E-state index contributed by atoms with van der Waals surface area (Å²) < 4.78 is 20.2. The van der Waals surface area contributed by atoms with E-state index >= 15 is 0 Å². The van der Waals surface area contributed by atoms with Crippen molar-refractivity contribution >= 4 is 5.97 Å². The van der Waals surface area contributed by atoms with Crippen LogP contribution in [0.15, 0.2) is 97.1 Å². The lowest BCUT2D eigenvalue weighted by atomic mass is 9.91. The van der Waals surface area contributed by atoms with Gasteiger partial charge in [-0.1, -0.05) is 72.8 Å². The zero-order chi connectivity index (χ0) is 20.9. The molecule has 0 aliphatic carbocycles. The molecule has 0 aliphatic rings. The molecule has 4 aromatic carbocycles. The quantitative estimate of drug-likeness (QED) is 0.407. The molecule has 30 heavy (non-hydrogen) atoms. The van der Waals surface area contributed by atoms with Crippen molar-refractivity contribution < 1.29 is 19.0 Å². The summed E-state index contributed by atoms with van der Waals surface area (Å²) >= 11 is 0. The van der Waals surface area contributed by atoms with E-state index in [-0.39, 0.29) is 5.56 Å². The zero-order valence-corrected chi connectivity index (χ0v) is 16.1. The Labute approximate surface area is 174 Å². The summed E-state index contributed by atoms with van der Waals surface area (Å²) in [7, 11) is 0. The minimum absolute atomic E-state index is 0.188. The second-order valence-electron chi connectivity index (χ2n) is 6.81. The Morgan fingerprint density at radius 2 is 1.33 bits per heavy atom. The molecular formula is C26H19FO3. The molecule has 4 heteroatoms. The summed E-state index contributed by atoms with van der Waals surface area (Å²) in [4.78, 5) is 11.7. The van der Waals surface area contributed by atoms with Gasteiger partial charge in [0.2, 0.25) is 0 Å². The van der Waals surface area contributed by atoms with Crippen molar-refractivity contribution in [2.75, 3.05) is 0 Å². The van der Waals surface area contributed by atoms with Crippen LogP contribution in [-0.2, 0) is 6.61 Å². The molecule has 0 amide bonds. The Morgan fingerprint density at radius 1 is 0.733 bits per heavy atom. The summed E-state index contributed by atoms with van der Waals surface area (Å²) in [5, 5.41) is 9.61. The molecule has 0 aromatic heterocycles. The number of rotatable bonds is 6. The van der Waals surface area contributed by atoms with Crippen LogP contribution in [0, 0.1) is 5.82 Å². The van der Waals surface area contributed by atoms with Gasteiger partial charge in [-0.2, -0.15) is 0 Å². The third-order valence-electron chi connectivity index (χ3n) is 4.84. The van der Waals surface area contributed by atoms with Crippen LogP contribution < -0.4 is 4.74 Å². The van der Waals surface area contributed by atoms with Crippen molar-refractivity contribution in [2.45, 2.75) is 6.61 Å². The maximum absolute atomic E-state index is 14.2. The predicted octanol–water partition coefficient (Wildman–Crippen LogP) is 6.44. The number of aromatic carboxylic acids is 1. The summed E-state index contributed by atoms with van der Waals surface area (Å²) in [6.07, 6.45) is 0. The molecule has 4 rings (SSSR count). The molecular weight excluding hydrogens is 379 g/mol. The van der Waals surface area contributed by atoms with Crippen molar-refractivity contribution in [3.8, 4) is 28.0 Å². The number of hydrogen-bond acceptors (Lipinski definition) is 2. The number of halogens is 1. The molecule has 4 aromatic rings. The minimum Gasteiger partial charge on any atom is -0.488 e. The summed E-state index contributed by atoms with van der Waals surface area (Å²) in [5.41, 5.74) is 3.73. The van der Waals surface area contributed by atoms with Crippen LogP contribution >= 0.6 is 0 Å². The summed E-state index contributed by atoms with van der Waals surface area (Å²) in [5.74, 6) is -0.876. The number of carbonyl (C=O) groups is 1. The van der Waals surface area contributed by atoms with Gasteiger partial charge in [0.15, 0.2) is 0 Å². The van der Waals surface area contributed by atoms with E-state index < -0.39 is 11.8 Å². The topological polar surface area (TPSA) is 46.5 Å². The molecule has 148 valence electrons. The maximum atomic E-state index is 14.2. The molecule has 0 fully saturated rings. The highest BCUT2D eigenvalue weighted by Gasteiger charge is 2.17. The lowest BCUT2D eigenvalue weighted by molar-refractivity contribution is 0.0697. The van der Waals surface area contributed by atoms with Crippen LogP contribution in [0.3, 0.4) is 0 Å². The van der Waals surface area contributed by atoms with Crippen molar-refractivity contribution in [1.29, 1.82) is 0 Å². The molecule has 0 radical (unpaired) electrons. The molecule has 0 unspecified atom stereocenters. The SMILES string of the molecule is O=C(O)c1ccccc1-c1ccccc1-c1cc(F)ccc1OCc1ccccc1. The average molecular weight is 398 g/mol. The lowest BCUT2D eigenvalue weighted by Gasteiger charge is -2.16. The first-order valence-corrected chi connectivity index (χ1v) is 9.52. The van der Waals surface area contributed by atoms with Gasteiger partial charge in [-0.15, -0.1) is 0 Å². The van der Waals surface area contributed by atoms with Gasteiger partial charge in [0.05, 0.1) is 5.56 Å². The van der Waals surface area contributed by atoms with Crippen LogP contribution in [0.4, 0.5) is 4.39 Å². The number of carboxylic acid groups (broad SMARTS) is 1. The Morgan fingerprint density at radius 3 is 2.03 bits per heavy atom. The van der Waals surface area contributed by atoms with Crippen LogP contribution in [0.25, 0.3) is 22.3 Å². The molecule has 0 saturated heterocycles. The Bertz CT molecular complexity index is 1190. The van der Waals surface area contributed by atoms with Crippen LogP contribution in [0.1, 0.15) is 15.9 Å². The van der Waals surface area contributed by atoms with Gasteiger partial charge in [0, 0.05) is 5.56 Å². The fourth-order valence-electron chi connectivity index (χ4n) is 3.43. The molecule has 0 aliphatic heterocycles. The van der Waals surface area contributed by atoms with Gasteiger partial charge < -0.3 is 9.84 Å². The molecule has 0 bridgehead atoms. The summed E-state index contributed by atoms with van der Waals surface area (Å²) in [6, 6.07) is 28.3. The fraction of sp³-hybridized carbons (Fsp3) is 0.0385. The molecule has 0 saturated carbocycles. The summed E-state index contributed by atoms with van der Waals surface area (Å²) in [6.45, 7) is 0.341. The van der Waals surface area contributed by atoms with E-state index in [1.807, 2.05) is 54.6 Å². The predicted molar refractivity (Wildman–Crippen MR) is 115 cm³/mol. The lowest BCUT2D eigenvalue weighted by Crippen LogP contribution is -2.01. The molecule has 1 N–H and O–H groups in total. The van der Waals surface area contributed by atoms with Crippen LogP contribution in [0.5, 0.6) is 5.75 Å². The normalized spacial score (nSPS) is 10.6. The van der Waals surface area contributed by atoms with Gasteiger partial charge in [-0.3, -0.25) is 0 Å². The van der Waals surface area contributed by atoms with Crippen LogP contribution in [0.2, 0.25) is 0 Å². The van der Waals surface area contributed by atoms with Crippen molar-refractivity contribution in [2.24, 2.45) is 0 Å². The van der Waals surface area contributed by atoms with Gasteiger partial charge in [-0.05, 0) is 46.5 Å². The maximum Gasteiger partial charge on any atom is 0.336 e. The Hall–Kier alpha value is -3.92. The Kier molecular flexibility index (Phi) is 5.57. The monoisotopic (exact) mass is 398 g/mol. The standard InChI is InChI=1S/C26H19FO3/c27-19-14-15-25(30-17-18-8-2-1-3-9-18)24(16-19)22-12-5-4-10-20(22)21-11-6-7-13-23(21)26(28)29/h1-16H,17H2,(H,28,29). The van der Waals surface area contributed by atoms with Crippen molar-refractivity contribution in [3.05, 3.63) is 114 Å². The van der Waals surface area contributed by atoms with E-state index in [0.717, 1.165) is 5.56 Å². The molecule has 0 atom stereocenters. The van der Waals surface area contributed by atoms with Crippen LogP contribution in [-0.4, -0.2) is 11.1 Å². The van der Waals surface area contributed by atoms with Gasteiger partial charge in [0.1, 0.15) is 18.2 Å². The fourth-order valence-corrected chi connectivity index (χ4v) is 3.43. The highest BCUT2D eigenvalue weighted by Crippen LogP contribution is 2.39. The number of carboxylic acids is 1. The van der Waals surface area contributed by atoms with Gasteiger partial charge in [-0.25, -0.2) is 9.18 Å². The largest absolute Gasteiger partial charge is 0.488 e. The number of ether oxygens (including phenoxy) is 1. The van der Waals surface area contributed by atoms with Crippen molar-refractivity contribution in [1.82, 2.24) is 0 Å². The second-order valence-corrected chi connectivity index (χ2v) is 6.81. The van der Waals surface area contributed by atoms with Gasteiger partial charge >= 0.3 is 5.97 Å². The molecule has 0 heterocycles. The third-order valence-corrected chi connectivity index (χ3v) is 4.84. The third kappa shape index (κ3) is 4.08. The highest BCUT2D eigenvalue weighted by atomic mass is 19.1. The molecule has 3 nitrogen and oxygen atoms in total. The van der Waals surface area contributed by atoms with Crippen molar-refractivity contribution in [3.63, 3.8) is 0 Å². The number of hydrogen-bond donors (Lipinski definition) is 1. The Balaban J connectivity index is 1.81. The van der Waals surface area contributed by atoms with E-state index in [9.17, 15) is 14.3 Å². The van der Waals surface area contributed by atoms with E-state index in [1.165, 1.54) is 12.1 Å². The first-order chi connectivity index (χ1) is 14.6. The second kappa shape index (κ2) is 8.62. The van der Waals surface area contributed by atoms with E-state index in [4.69, 9.17) is 4.74 Å². The number of benzene rings is 4. The minimum atomic E-state index is -1.01. The highest BCUT2D eigenvalue weighted by molar-refractivity contribution is 5.99. The van der Waals surface area contributed by atoms with Gasteiger partial charge in [0.25, 0.3) is 0 Å². The first kappa shape index (κ1) is 19.4. The van der Waals surface area contributed by atoms with E-state index in [0.29, 0.717) is 34.6 Å². The zero-order valence-electron chi connectivity index (χ0n) is 16.1. The smallest absolute Gasteiger partial charge is 0.336 e. The first-order valence-electron chi connectivity index (χ1n) is 9.52.